The molecule has 22 heteroatoms. The van der Waals surface area contributed by atoms with E-state index in [1.807, 2.05) is 12.1 Å². The van der Waals surface area contributed by atoms with Crippen LogP contribution in [0.25, 0.3) is 9.69 Å². The minimum Gasteiger partial charge on any atom is -0.508 e. The third-order valence-electron chi connectivity index (χ3n) is 13.8. The van der Waals surface area contributed by atoms with E-state index >= 15 is 0 Å². The zero-order valence-electron chi connectivity index (χ0n) is 46.1. The molecule has 0 spiro atoms. The highest BCUT2D eigenvalue weighted by Gasteiger charge is 2.36. The lowest BCUT2D eigenvalue weighted by molar-refractivity contribution is 0.0696. The zero-order valence-corrected chi connectivity index (χ0v) is 46.1. The molecule has 8 aromatic carbocycles. The maximum atomic E-state index is 11.0. The molecule has 12 rings (SSSR count). The summed E-state index contributed by atoms with van der Waals surface area (Å²) in [6.45, 7) is 17.2. The van der Waals surface area contributed by atoms with Crippen LogP contribution in [0.4, 0.5) is 11.4 Å². The zero-order chi connectivity index (χ0) is 60.7. The number of benzene rings is 8. The number of nitrogens with two attached hydrogens (primary N) is 1. The number of carboxylic acids is 1. The number of hydrogen-bond acceptors (Lipinski definition) is 15. The molecule has 86 heavy (non-hydrogen) atoms. The van der Waals surface area contributed by atoms with Crippen molar-refractivity contribution < 1.29 is 77.7 Å². The Hall–Kier alpha value is -10.1. The smallest absolute Gasteiger partial charge is 0.491 e. The Morgan fingerprint density at radius 3 is 1.47 bits per heavy atom. The van der Waals surface area contributed by atoms with Gasteiger partial charge in [0.15, 0.2) is 11.4 Å². The van der Waals surface area contributed by atoms with Crippen molar-refractivity contribution in [3.63, 3.8) is 0 Å². The monoisotopic (exact) mass is 1150 g/mol. The van der Waals surface area contributed by atoms with Crippen molar-refractivity contribution in [3.05, 3.63) is 250 Å². The number of rotatable bonds is 14. The van der Waals surface area contributed by atoms with Gasteiger partial charge in [0.25, 0.3) is 6.92 Å². The summed E-state index contributed by atoms with van der Waals surface area (Å²) in [5, 5.41) is 56.1. The van der Waals surface area contributed by atoms with E-state index < -0.39 is 26.1 Å². The van der Waals surface area contributed by atoms with Crippen LogP contribution in [0, 0.1) is 19.1 Å². The van der Waals surface area contributed by atoms with Crippen LogP contribution in [0.15, 0.2) is 194 Å². The molecule has 3 heterocycles. The predicted octanol–water partition coefficient (Wildman–Crippen LogP) is 10.4. The van der Waals surface area contributed by atoms with Crippen LogP contribution in [0.5, 0.6) is 57.5 Å². The highest BCUT2D eigenvalue weighted by atomic mass is 16.5. The normalized spacial score (nSPS) is 14.8. The van der Waals surface area contributed by atoms with Gasteiger partial charge < -0.3 is 73.9 Å². The Kier molecular flexibility index (Phi) is 20.0. The summed E-state index contributed by atoms with van der Waals surface area (Å²) in [4.78, 5) is 28.4. The molecule has 8 aromatic rings. The van der Waals surface area contributed by atoms with Crippen LogP contribution in [0.1, 0.15) is 43.0 Å². The van der Waals surface area contributed by atoms with Crippen LogP contribution in [0.2, 0.25) is 12.6 Å². The number of primary amides is 1. The van der Waals surface area contributed by atoms with Crippen molar-refractivity contribution in [2.24, 2.45) is 11.7 Å². The van der Waals surface area contributed by atoms with E-state index in [-0.39, 0.29) is 31.4 Å². The summed E-state index contributed by atoms with van der Waals surface area (Å²) in [6, 6.07) is 47.0. The van der Waals surface area contributed by atoms with E-state index in [1.165, 1.54) is 18.2 Å². The first-order chi connectivity index (χ1) is 41.6. The first-order valence-electron chi connectivity index (χ1n) is 26.8. The maximum Gasteiger partial charge on any atom is 0.491 e. The number of amides is 1. The highest BCUT2D eigenvalue weighted by molar-refractivity contribution is 6.62. The lowest BCUT2D eigenvalue weighted by Crippen LogP contribution is -2.27. The van der Waals surface area contributed by atoms with E-state index in [9.17, 15) is 29.9 Å². The van der Waals surface area contributed by atoms with Crippen molar-refractivity contribution in [3.8, 4) is 57.5 Å². The molecule has 0 saturated carbocycles. The van der Waals surface area contributed by atoms with Gasteiger partial charge in [-0.3, -0.25) is 4.79 Å². The second kappa shape index (κ2) is 28.4. The lowest BCUT2D eigenvalue weighted by Gasteiger charge is -2.20. The van der Waals surface area contributed by atoms with Gasteiger partial charge in [-0.05, 0) is 173 Å². The number of phenols is 1. The molecule has 1 saturated heterocycles. The van der Waals surface area contributed by atoms with Crippen LogP contribution in [0.3, 0.4) is 0 Å². The molecule has 8 N–H and O–H groups in total. The van der Waals surface area contributed by atoms with E-state index in [4.69, 9.17) is 66.7 Å². The Bertz CT molecular complexity index is 3740. The molecule has 0 aromatic heterocycles. The number of aromatic hydroxyl groups is 1. The number of carbonyl (C=O) groups is 2. The standard InChI is InChI=1S/C22H20BNO4.C14H12BNO4.C14H11BO5.C14H11NO3/c1-23-21-9-7-20(12-16(21)14-26-23)28-22-10-8-19(11-15(22)13-25)27-18-5-3-17(24-2)4-6-18;2*16-14(17)9-1-3-11(4-2-9)20-12-5-6-13-10(7-12)8-19-15(13)18;1-15-11-2-4-12(5-3-11)18-13-6-7-14(17)10(8-13)9-16/h3-12,16,21,25H,13-14H2,1H3;1-7,18H,8H2,(H2,16,17);1-7,18H,8H2,(H,16,17);2-8,16-17H,9H2. The molecule has 0 bridgehead atoms. The van der Waals surface area contributed by atoms with Gasteiger partial charge in [-0.15, -0.1) is 0 Å². The summed E-state index contributed by atoms with van der Waals surface area (Å²) in [5.41, 5.74) is 11.3. The number of nitrogens with zero attached hydrogens (tertiary/aromatic N) is 2. The average molecular weight is 1150 g/mol. The van der Waals surface area contributed by atoms with Crippen LogP contribution in [-0.4, -0.2) is 70.1 Å². The van der Waals surface area contributed by atoms with Gasteiger partial charge >= 0.3 is 20.2 Å². The first-order valence-corrected chi connectivity index (χ1v) is 26.8. The van der Waals surface area contributed by atoms with Gasteiger partial charge in [-0.25, -0.2) is 14.5 Å². The second-order valence-corrected chi connectivity index (χ2v) is 19.6. The van der Waals surface area contributed by atoms with Gasteiger partial charge in [0.1, 0.15) is 63.3 Å². The second-order valence-electron chi connectivity index (χ2n) is 19.6. The van der Waals surface area contributed by atoms with Gasteiger partial charge in [-0.1, -0.05) is 49.3 Å². The minimum absolute atomic E-state index is 0.0354. The number of aliphatic hydroxyl groups excluding tert-OH is 2. The molecule has 3 aliphatic heterocycles. The summed E-state index contributed by atoms with van der Waals surface area (Å²) < 4.78 is 44.7. The molecule has 1 amide bonds. The molecule has 0 radical (unpaired) electrons. The Morgan fingerprint density at radius 2 is 1.00 bits per heavy atom. The van der Waals surface area contributed by atoms with Gasteiger partial charge in [0.05, 0.1) is 45.1 Å². The van der Waals surface area contributed by atoms with Gasteiger partial charge in [0, 0.05) is 29.2 Å². The van der Waals surface area contributed by atoms with Crippen LogP contribution < -0.4 is 40.3 Å². The summed E-state index contributed by atoms with van der Waals surface area (Å²) in [5.74, 6) is 5.43. The van der Waals surface area contributed by atoms with E-state index in [0.29, 0.717) is 111 Å². The van der Waals surface area contributed by atoms with Crippen molar-refractivity contribution in [1.29, 1.82) is 0 Å². The highest BCUT2D eigenvalue weighted by Crippen LogP contribution is 2.38. The molecule has 2 atom stereocenters. The van der Waals surface area contributed by atoms with Crippen molar-refractivity contribution in [2.45, 2.75) is 39.1 Å². The van der Waals surface area contributed by atoms with Crippen LogP contribution >= 0.6 is 0 Å². The Labute approximate surface area is 495 Å². The van der Waals surface area contributed by atoms with E-state index in [1.54, 1.807) is 146 Å². The largest absolute Gasteiger partial charge is 0.508 e. The molecule has 2 unspecified atom stereocenters. The summed E-state index contributed by atoms with van der Waals surface area (Å²) >= 11 is 0. The third-order valence-corrected chi connectivity index (χ3v) is 13.8. The van der Waals surface area contributed by atoms with Gasteiger partial charge in [0.2, 0.25) is 5.91 Å². The fourth-order valence-electron chi connectivity index (χ4n) is 9.17. The number of aromatic carboxylic acids is 1. The molecular formula is C64H54B3N3O16. The molecule has 19 nitrogen and oxygen atoms in total. The third kappa shape index (κ3) is 15.7. The number of allylic oxidation sites excluding steroid dienone is 2. The average Bonchev–Trinajstić information content (AvgIpc) is 4.30. The Morgan fingerprint density at radius 1 is 0.570 bits per heavy atom. The molecule has 4 aliphatic rings. The fraction of sp³-hybridized carbons (Fsp3) is 0.125. The van der Waals surface area contributed by atoms with Crippen molar-refractivity contribution in [2.75, 3.05) is 6.61 Å². The van der Waals surface area contributed by atoms with E-state index in [2.05, 4.69) is 28.7 Å². The fourth-order valence-corrected chi connectivity index (χ4v) is 9.17. The predicted molar refractivity (Wildman–Crippen MR) is 321 cm³/mol. The molecule has 1 aliphatic carbocycles. The van der Waals surface area contributed by atoms with Gasteiger partial charge in [-0.2, -0.15) is 0 Å². The topological polar surface area (TPSA) is 264 Å². The van der Waals surface area contributed by atoms with Crippen LogP contribution in [-0.2, 0) is 40.4 Å². The minimum atomic E-state index is -0.972. The Balaban J connectivity index is 0.000000139. The number of carboxylic acid groups (broad SMARTS) is 1. The number of carbonyl (C=O) groups excluding carboxylic acids is 1. The molecule has 1 fully saturated rings. The van der Waals surface area contributed by atoms with Crippen molar-refractivity contribution in [1.82, 2.24) is 0 Å². The SMILES string of the molecule is NC(=O)c1ccc(Oc2ccc3c(c2)COB3O)cc1.O=C(O)c1ccc(Oc2ccc3c(c2)COB3O)cc1.[C-]#[N+]c1ccc(Oc2ccc(O)c(CO)c2)cc1.[C-]#[N+]c1ccc(Oc2ccc(OC3=CC4COB(C)C4C=C3)c(CO)c2)cc1. The van der Waals surface area contributed by atoms with E-state index in [0.717, 1.165) is 27.8 Å². The summed E-state index contributed by atoms with van der Waals surface area (Å²) in [7, 11) is -1.72. The lowest BCUT2D eigenvalue weighted by atomic mass is 9.55. The number of hydrogen-bond donors (Lipinski definition) is 7. The number of ether oxygens (including phenoxy) is 5. The molecule has 430 valence electrons. The number of aliphatic hydroxyl groups is 2. The molecular weight excluding hydrogens is 1100 g/mol. The number of fused-ring (bicyclic) bond motifs is 3. The summed E-state index contributed by atoms with van der Waals surface area (Å²) in [6.07, 6.45) is 6.20. The maximum absolute atomic E-state index is 11.0. The van der Waals surface area contributed by atoms with Crippen molar-refractivity contribution >= 4 is 55.3 Å². The first kappa shape index (κ1) is 60.5. The quantitative estimate of drug-likeness (QED) is 0.0394.